The van der Waals surface area contributed by atoms with Crippen molar-refractivity contribution in [3.8, 4) is 11.5 Å². The summed E-state index contributed by atoms with van der Waals surface area (Å²) >= 11 is 0. The van der Waals surface area contributed by atoms with E-state index in [1.165, 1.54) is 6.07 Å². The molecule has 1 aromatic heterocycles. The molecule has 0 bridgehead atoms. The van der Waals surface area contributed by atoms with E-state index in [2.05, 4.69) is 34.7 Å². The van der Waals surface area contributed by atoms with Crippen molar-refractivity contribution in [3.63, 3.8) is 0 Å². The van der Waals surface area contributed by atoms with E-state index < -0.39 is 5.76 Å². The van der Waals surface area contributed by atoms with Crippen molar-refractivity contribution in [2.24, 2.45) is 11.8 Å². The number of nitrogens with zero attached hydrogens (tertiary/aromatic N) is 1. The van der Waals surface area contributed by atoms with Crippen LogP contribution in [0.1, 0.15) is 32.3 Å². The fraction of sp³-hybridized carbons (Fsp3) is 0.556. The SMILES string of the molecule is CC[C@@H]1CNCC[C@@H]1C(C)Nc1cc(-c2n[nH]c(=O)o2)cc(F)c1C.Cl. The third-order valence-corrected chi connectivity index (χ3v) is 5.25. The second kappa shape index (κ2) is 8.68. The van der Waals surface area contributed by atoms with Crippen LogP contribution in [0.4, 0.5) is 10.1 Å². The first-order chi connectivity index (χ1) is 12.0. The Bertz CT molecular complexity index is 792. The summed E-state index contributed by atoms with van der Waals surface area (Å²) in [7, 11) is 0. The molecule has 3 N–H and O–H groups in total. The maximum Gasteiger partial charge on any atom is 0.434 e. The maximum atomic E-state index is 14.4. The van der Waals surface area contributed by atoms with Crippen molar-refractivity contribution in [2.75, 3.05) is 18.4 Å². The van der Waals surface area contributed by atoms with Gasteiger partial charge in [0.15, 0.2) is 0 Å². The minimum atomic E-state index is -0.653. The molecule has 26 heavy (non-hydrogen) atoms. The molecule has 1 saturated heterocycles. The number of aromatic nitrogens is 2. The fourth-order valence-electron chi connectivity index (χ4n) is 3.71. The fourth-order valence-corrected chi connectivity index (χ4v) is 3.71. The Hall–Kier alpha value is -1.86. The lowest BCUT2D eigenvalue weighted by atomic mass is 9.80. The van der Waals surface area contributed by atoms with E-state index >= 15 is 0 Å². The second-order valence-corrected chi connectivity index (χ2v) is 6.81. The zero-order chi connectivity index (χ0) is 18.0. The standard InChI is InChI=1S/C18H25FN4O2.ClH/c1-4-12-9-20-6-5-14(12)11(3)21-16-8-13(7-15(19)10(16)2)17-22-23-18(24)25-17;/h7-8,11-12,14,20-21H,4-6,9H2,1-3H3,(H,23,24);1H/t11?,12-,14-;/m1./s1. The van der Waals surface area contributed by atoms with E-state index in [4.69, 9.17) is 4.42 Å². The first-order valence-electron chi connectivity index (χ1n) is 8.82. The molecule has 0 radical (unpaired) electrons. The summed E-state index contributed by atoms with van der Waals surface area (Å²) in [6.45, 7) is 8.15. The maximum absolute atomic E-state index is 14.4. The molecule has 144 valence electrons. The Morgan fingerprint density at radius 1 is 1.46 bits per heavy atom. The molecule has 1 aliphatic heterocycles. The summed E-state index contributed by atoms with van der Waals surface area (Å²) in [6, 6.07) is 3.34. The van der Waals surface area contributed by atoms with Crippen LogP contribution in [0.15, 0.2) is 21.3 Å². The lowest BCUT2D eigenvalue weighted by molar-refractivity contribution is 0.226. The number of benzene rings is 1. The largest absolute Gasteiger partial charge is 0.434 e. The number of piperidine rings is 1. The van der Waals surface area contributed by atoms with Crippen molar-refractivity contribution in [1.29, 1.82) is 0 Å². The summed E-state index contributed by atoms with van der Waals surface area (Å²) in [5.41, 5.74) is 1.70. The molecule has 2 heterocycles. The van der Waals surface area contributed by atoms with Gasteiger partial charge in [0.25, 0.3) is 0 Å². The molecule has 3 atom stereocenters. The van der Waals surface area contributed by atoms with Gasteiger partial charge in [-0.1, -0.05) is 13.3 Å². The van der Waals surface area contributed by atoms with E-state index in [9.17, 15) is 9.18 Å². The van der Waals surface area contributed by atoms with Crippen LogP contribution < -0.4 is 16.4 Å². The summed E-state index contributed by atoms with van der Waals surface area (Å²) in [5, 5.41) is 12.9. The molecular weight excluding hydrogens is 359 g/mol. The van der Waals surface area contributed by atoms with Crippen LogP contribution in [-0.2, 0) is 0 Å². The smallest absolute Gasteiger partial charge is 0.388 e. The minimum Gasteiger partial charge on any atom is -0.388 e. The van der Waals surface area contributed by atoms with Gasteiger partial charge in [0.05, 0.1) is 0 Å². The van der Waals surface area contributed by atoms with Gasteiger partial charge in [-0.3, -0.25) is 0 Å². The minimum absolute atomic E-state index is 0. The Labute approximate surface area is 158 Å². The van der Waals surface area contributed by atoms with E-state index in [1.807, 2.05) is 0 Å². The first kappa shape index (κ1) is 20.5. The monoisotopic (exact) mass is 384 g/mol. The number of anilines is 1. The van der Waals surface area contributed by atoms with Crippen molar-refractivity contribution < 1.29 is 8.81 Å². The summed E-state index contributed by atoms with van der Waals surface area (Å²) in [6.07, 6.45) is 2.22. The predicted octanol–water partition coefficient (Wildman–Crippen LogP) is 3.34. The molecule has 1 unspecified atom stereocenters. The zero-order valence-electron chi connectivity index (χ0n) is 15.3. The second-order valence-electron chi connectivity index (χ2n) is 6.81. The van der Waals surface area contributed by atoms with Crippen LogP contribution in [0.25, 0.3) is 11.5 Å². The van der Waals surface area contributed by atoms with Gasteiger partial charge < -0.3 is 15.1 Å². The van der Waals surface area contributed by atoms with Gasteiger partial charge in [-0.15, -0.1) is 17.5 Å². The number of aromatic amines is 1. The highest BCUT2D eigenvalue weighted by atomic mass is 35.5. The Morgan fingerprint density at radius 3 is 2.88 bits per heavy atom. The average Bonchev–Trinajstić information content (AvgIpc) is 3.05. The number of hydrogen-bond donors (Lipinski definition) is 3. The van der Waals surface area contributed by atoms with Gasteiger partial charge in [-0.2, -0.15) is 0 Å². The highest BCUT2D eigenvalue weighted by Crippen LogP contribution is 2.31. The molecule has 3 rings (SSSR count). The summed E-state index contributed by atoms with van der Waals surface area (Å²) in [4.78, 5) is 11.2. The Balaban J connectivity index is 0.00000243. The molecule has 8 heteroatoms. The first-order valence-corrected chi connectivity index (χ1v) is 8.82. The van der Waals surface area contributed by atoms with Crippen LogP contribution in [-0.4, -0.2) is 29.3 Å². The Morgan fingerprint density at radius 2 is 2.23 bits per heavy atom. The number of hydrogen-bond acceptors (Lipinski definition) is 5. The quantitative estimate of drug-likeness (QED) is 0.736. The van der Waals surface area contributed by atoms with Gasteiger partial charge in [-0.25, -0.2) is 14.3 Å². The van der Waals surface area contributed by atoms with Crippen molar-refractivity contribution in [1.82, 2.24) is 15.5 Å². The number of nitrogens with one attached hydrogen (secondary N) is 3. The molecule has 6 nitrogen and oxygen atoms in total. The zero-order valence-corrected chi connectivity index (χ0v) is 16.1. The van der Waals surface area contributed by atoms with E-state index in [-0.39, 0.29) is 30.2 Å². The normalized spacial score (nSPS) is 21.1. The van der Waals surface area contributed by atoms with Crippen molar-refractivity contribution in [2.45, 2.75) is 39.7 Å². The van der Waals surface area contributed by atoms with E-state index in [0.29, 0.717) is 28.7 Å². The van der Waals surface area contributed by atoms with Crippen LogP contribution in [0.5, 0.6) is 0 Å². The number of rotatable bonds is 5. The van der Waals surface area contributed by atoms with Crippen LogP contribution in [0.2, 0.25) is 0 Å². The molecular formula is C18H26ClFN4O2. The summed E-state index contributed by atoms with van der Waals surface area (Å²) in [5.74, 6) is 0.220. The van der Waals surface area contributed by atoms with Crippen molar-refractivity contribution >= 4 is 18.1 Å². The van der Waals surface area contributed by atoms with Gasteiger partial charge in [-0.05, 0) is 57.3 Å². The van der Waals surface area contributed by atoms with Crippen LogP contribution in [0.3, 0.4) is 0 Å². The molecule has 2 aromatic rings. The highest BCUT2D eigenvalue weighted by Gasteiger charge is 2.28. The molecule has 1 aliphatic rings. The topological polar surface area (TPSA) is 83.0 Å². The molecule has 0 saturated carbocycles. The molecule has 0 spiro atoms. The Kier molecular flexibility index (Phi) is 6.83. The lowest BCUT2D eigenvalue weighted by Gasteiger charge is -2.36. The average molecular weight is 385 g/mol. The third-order valence-electron chi connectivity index (χ3n) is 5.25. The van der Waals surface area contributed by atoms with Gasteiger partial charge >= 0.3 is 5.76 Å². The number of H-pyrrole nitrogens is 1. The molecule has 0 aliphatic carbocycles. The third kappa shape index (κ3) is 4.27. The molecule has 1 fully saturated rings. The molecule has 1 aromatic carbocycles. The van der Waals surface area contributed by atoms with Gasteiger partial charge in [0.1, 0.15) is 5.82 Å². The highest BCUT2D eigenvalue weighted by molar-refractivity contribution is 5.85. The van der Waals surface area contributed by atoms with Crippen molar-refractivity contribution in [3.05, 3.63) is 34.1 Å². The van der Waals surface area contributed by atoms with Gasteiger partial charge in [0, 0.05) is 22.9 Å². The van der Waals surface area contributed by atoms with Crippen LogP contribution in [0, 0.1) is 24.6 Å². The molecule has 0 amide bonds. The summed E-state index contributed by atoms with van der Waals surface area (Å²) < 4.78 is 19.3. The predicted molar refractivity (Wildman–Crippen MR) is 102 cm³/mol. The van der Waals surface area contributed by atoms with E-state index in [1.54, 1.807) is 13.0 Å². The van der Waals surface area contributed by atoms with Crippen LogP contribution >= 0.6 is 12.4 Å². The number of halogens is 2. The lowest BCUT2D eigenvalue weighted by Crippen LogP contribution is -2.43. The van der Waals surface area contributed by atoms with E-state index in [0.717, 1.165) is 25.9 Å². The van der Waals surface area contributed by atoms with Gasteiger partial charge in [0.2, 0.25) is 5.89 Å².